The van der Waals surface area contributed by atoms with Gasteiger partial charge in [0.2, 0.25) is 5.95 Å². The second-order valence-electron chi connectivity index (χ2n) is 6.98. The lowest BCUT2D eigenvalue weighted by Gasteiger charge is -2.31. The van der Waals surface area contributed by atoms with Crippen LogP contribution in [-0.4, -0.2) is 67.6 Å². The van der Waals surface area contributed by atoms with E-state index in [0.29, 0.717) is 70.1 Å². The molecular weight excluding hydrogens is 387 g/mol. The van der Waals surface area contributed by atoms with Gasteiger partial charge in [-0.2, -0.15) is 18.2 Å². The Balaban J connectivity index is 1.82. The predicted octanol–water partition coefficient (Wildman–Crippen LogP) is 2.54. The van der Waals surface area contributed by atoms with Gasteiger partial charge in [0.15, 0.2) is 0 Å². The lowest BCUT2D eigenvalue weighted by Crippen LogP contribution is -2.39. The van der Waals surface area contributed by atoms with E-state index in [0.717, 1.165) is 6.07 Å². The molecule has 2 saturated heterocycles. The zero-order chi connectivity index (χ0) is 20.4. The summed E-state index contributed by atoms with van der Waals surface area (Å²) in [4.78, 5) is 17.2. The van der Waals surface area contributed by atoms with Crippen molar-refractivity contribution >= 4 is 11.8 Å². The van der Waals surface area contributed by atoms with E-state index >= 15 is 0 Å². The van der Waals surface area contributed by atoms with Crippen LogP contribution in [0.25, 0.3) is 11.3 Å². The summed E-state index contributed by atoms with van der Waals surface area (Å²) < 4.78 is 51.9. The number of pyridine rings is 1. The van der Waals surface area contributed by atoms with Crippen LogP contribution in [0.3, 0.4) is 0 Å². The van der Waals surface area contributed by atoms with Crippen LogP contribution in [0, 0.1) is 6.92 Å². The average Bonchev–Trinajstić information content (AvgIpc) is 2.74. The fraction of sp³-hybridized carbons (Fsp3) is 0.526. The number of anilines is 2. The molecule has 2 fully saturated rings. The molecule has 0 aliphatic carbocycles. The first-order chi connectivity index (χ1) is 13.9. The third-order valence-electron chi connectivity index (χ3n) is 4.95. The number of alkyl halides is 3. The number of ether oxygens (including phenoxy) is 2. The minimum Gasteiger partial charge on any atom is -0.378 e. The maximum Gasteiger partial charge on any atom is 0.417 e. The molecule has 156 valence electrons. The number of aromatic nitrogens is 3. The van der Waals surface area contributed by atoms with Gasteiger partial charge >= 0.3 is 6.18 Å². The Morgan fingerprint density at radius 3 is 2.14 bits per heavy atom. The molecule has 0 unspecified atom stereocenters. The van der Waals surface area contributed by atoms with Gasteiger partial charge < -0.3 is 19.3 Å². The Kier molecular flexibility index (Phi) is 5.55. The molecule has 4 rings (SSSR count). The smallest absolute Gasteiger partial charge is 0.378 e. The van der Waals surface area contributed by atoms with Crippen molar-refractivity contribution in [2.24, 2.45) is 0 Å². The Bertz CT molecular complexity index is 829. The molecule has 0 bridgehead atoms. The Morgan fingerprint density at radius 2 is 1.52 bits per heavy atom. The highest BCUT2D eigenvalue weighted by molar-refractivity contribution is 5.68. The number of aryl methyl sites for hydroxylation is 1. The van der Waals surface area contributed by atoms with Gasteiger partial charge in [0.1, 0.15) is 5.82 Å². The zero-order valence-electron chi connectivity index (χ0n) is 16.1. The fourth-order valence-electron chi connectivity index (χ4n) is 3.42. The second-order valence-corrected chi connectivity index (χ2v) is 6.98. The minimum absolute atomic E-state index is 0.0467. The zero-order valence-corrected chi connectivity index (χ0v) is 16.1. The maximum atomic E-state index is 13.7. The SMILES string of the molecule is Cc1cc(C(F)(F)F)c(-c2cc(N3CCOCC3)nc(N3CCOCC3)n2)cn1. The normalized spacial score (nSPS) is 18.2. The lowest BCUT2D eigenvalue weighted by molar-refractivity contribution is -0.137. The average molecular weight is 409 g/mol. The van der Waals surface area contributed by atoms with E-state index in [1.807, 2.05) is 9.80 Å². The van der Waals surface area contributed by atoms with Gasteiger partial charge in [-0.15, -0.1) is 0 Å². The first-order valence-corrected chi connectivity index (χ1v) is 9.50. The monoisotopic (exact) mass is 409 g/mol. The topological polar surface area (TPSA) is 63.6 Å². The van der Waals surface area contributed by atoms with Gasteiger partial charge in [-0.3, -0.25) is 4.98 Å². The molecule has 0 radical (unpaired) electrons. The maximum absolute atomic E-state index is 13.7. The van der Waals surface area contributed by atoms with Gasteiger partial charge in [-0.25, -0.2) is 4.98 Å². The van der Waals surface area contributed by atoms with Gasteiger partial charge in [0, 0.05) is 49.7 Å². The molecule has 29 heavy (non-hydrogen) atoms. The summed E-state index contributed by atoms with van der Waals surface area (Å²) in [5.41, 5.74) is -0.279. The lowest BCUT2D eigenvalue weighted by atomic mass is 10.1. The van der Waals surface area contributed by atoms with Gasteiger partial charge in [0.05, 0.1) is 37.7 Å². The highest BCUT2D eigenvalue weighted by Gasteiger charge is 2.35. The molecule has 0 atom stereocenters. The highest BCUT2D eigenvalue weighted by atomic mass is 19.4. The minimum atomic E-state index is -4.51. The molecule has 0 N–H and O–H groups in total. The van der Waals surface area contributed by atoms with Crippen molar-refractivity contribution in [1.82, 2.24) is 15.0 Å². The molecule has 2 aliphatic heterocycles. The predicted molar refractivity (Wildman–Crippen MR) is 101 cm³/mol. The summed E-state index contributed by atoms with van der Waals surface area (Å²) >= 11 is 0. The Labute approximate surface area is 166 Å². The van der Waals surface area contributed by atoms with Gasteiger partial charge in [-0.05, 0) is 13.0 Å². The molecule has 4 heterocycles. The number of rotatable bonds is 3. The Morgan fingerprint density at radius 1 is 0.897 bits per heavy atom. The van der Waals surface area contributed by atoms with Crippen LogP contribution < -0.4 is 9.80 Å². The summed E-state index contributed by atoms with van der Waals surface area (Å²) in [6.45, 7) is 6.11. The summed E-state index contributed by atoms with van der Waals surface area (Å²) in [6.07, 6.45) is -3.26. The van der Waals surface area contributed by atoms with E-state index in [-0.39, 0.29) is 11.3 Å². The molecular formula is C19H22F3N5O2. The van der Waals surface area contributed by atoms with E-state index in [4.69, 9.17) is 9.47 Å². The van der Waals surface area contributed by atoms with E-state index in [1.54, 1.807) is 6.07 Å². The van der Waals surface area contributed by atoms with Crippen molar-refractivity contribution in [3.8, 4) is 11.3 Å². The highest BCUT2D eigenvalue weighted by Crippen LogP contribution is 2.37. The second kappa shape index (κ2) is 8.11. The first-order valence-electron chi connectivity index (χ1n) is 9.50. The number of nitrogens with zero attached hydrogens (tertiary/aromatic N) is 5. The number of hydrogen-bond donors (Lipinski definition) is 0. The number of hydrogen-bond acceptors (Lipinski definition) is 7. The molecule has 0 spiro atoms. The molecule has 10 heteroatoms. The van der Waals surface area contributed by atoms with Crippen LogP contribution in [0.15, 0.2) is 18.3 Å². The molecule has 0 aromatic carbocycles. The van der Waals surface area contributed by atoms with Crippen LogP contribution in [0.2, 0.25) is 0 Å². The number of halogens is 3. The first kappa shape index (κ1) is 19.8. The van der Waals surface area contributed by atoms with Crippen LogP contribution in [0.5, 0.6) is 0 Å². The van der Waals surface area contributed by atoms with Crippen molar-refractivity contribution in [1.29, 1.82) is 0 Å². The van der Waals surface area contributed by atoms with E-state index < -0.39 is 11.7 Å². The van der Waals surface area contributed by atoms with Crippen molar-refractivity contribution in [2.75, 3.05) is 62.4 Å². The van der Waals surface area contributed by atoms with Crippen LogP contribution in [-0.2, 0) is 15.7 Å². The summed E-state index contributed by atoms with van der Waals surface area (Å²) in [5.74, 6) is 0.995. The van der Waals surface area contributed by atoms with Crippen molar-refractivity contribution in [3.05, 3.63) is 29.6 Å². The third kappa shape index (κ3) is 4.43. The Hall–Kier alpha value is -2.46. The van der Waals surface area contributed by atoms with Crippen molar-refractivity contribution in [2.45, 2.75) is 13.1 Å². The number of morpholine rings is 2. The van der Waals surface area contributed by atoms with Gasteiger partial charge in [0.25, 0.3) is 0 Å². The molecule has 2 aromatic heterocycles. The standard InChI is InChI=1S/C19H22F3N5O2/c1-13-10-15(19(20,21)22)14(12-23-13)16-11-17(26-2-6-28-7-3-26)25-18(24-16)27-4-8-29-9-5-27/h10-12H,2-9H2,1H3. The van der Waals surface area contributed by atoms with Crippen LogP contribution in [0.1, 0.15) is 11.3 Å². The summed E-state index contributed by atoms with van der Waals surface area (Å²) in [6, 6.07) is 2.66. The van der Waals surface area contributed by atoms with Crippen molar-refractivity contribution < 1.29 is 22.6 Å². The van der Waals surface area contributed by atoms with E-state index in [1.165, 1.54) is 13.1 Å². The molecule has 0 amide bonds. The van der Waals surface area contributed by atoms with Crippen LogP contribution >= 0.6 is 0 Å². The van der Waals surface area contributed by atoms with E-state index in [9.17, 15) is 13.2 Å². The summed E-state index contributed by atoms with van der Waals surface area (Å²) in [7, 11) is 0. The largest absolute Gasteiger partial charge is 0.417 e. The van der Waals surface area contributed by atoms with Gasteiger partial charge in [-0.1, -0.05) is 0 Å². The summed E-state index contributed by atoms with van der Waals surface area (Å²) in [5, 5.41) is 0. The molecule has 2 aromatic rings. The molecule has 0 saturated carbocycles. The molecule has 7 nitrogen and oxygen atoms in total. The fourth-order valence-corrected chi connectivity index (χ4v) is 3.42. The van der Waals surface area contributed by atoms with Crippen LogP contribution in [0.4, 0.5) is 24.9 Å². The molecule has 2 aliphatic rings. The third-order valence-corrected chi connectivity index (χ3v) is 4.95. The quantitative estimate of drug-likeness (QED) is 0.772. The van der Waals surface area contributed by atoms with E-state index in [2.05, 4.69) is 15.0 Å². The van der Waals surface area contributed by atoms with Crippen molar-refractivity contribution in [3.63, 3.8) is 0 Å².